The van der Waals surface area contributed by atoms with Gasteiger partial charge in [-0.1, -0.05) is 12.1 Å². The molecule has 0 spiro atoms. The summed E-state index contributed by atoms with van der Waals surface area (Å²) in [6.45, 7) is 3.83. The first-order chi connectivity index (χ1) is 11.1. The van der Waals surface area contributed by atoms with Crippen molar-refractivity contribution in [2.45, 2.75) is 19.9 Å². The second kappa shape index (κ2) is 6.16. The third-order valence-electron chi connectivity index (χ3n) is 3.60. The van der Waals surface area contributed by atoms with Crippen LogP contribution in [0.1, 0.15) is 24.4 Å². The van der Waals surface area contributed by atoms with Crippen LogP contribution in [0, 0.1) is 12.7 Å². The summed E-state index contributed by atoms with van der Waals surface area (Å²) in [5.74, 6) is 1.60. The molecule has 0 amide bonds. The maximum Gasteiger partial charge on any atom is 0.213 e. The predicted octanol–water partition coefficient (Wildman–Crippen LogP) is 3.65. The minimum atomic E-state index is -0.250. The van der Waals surface area contributed by atoms with Crippen LogP contribution in [0.2, 0.25) is 0 Å². The number of nitrogens with one attached hydrogen (secondary N) is 1. The zero-order valence-electron chi connectivity index (χ0n) is 13.2. The maximum absolute atomic E-state index is 13.1. The smallest absolute Gasteiger partial charge is 0.213 e. The number of nitrogens with zero attached hydrogens (tertiary/aromatic N) is 3. The number of rotatable bonds is 4. The van der Waals surface area contributed by atoms with Crippen molar-refractivity contribution in [2.75, 3.05) is 12.4 Å². The van der Waals surface area contributed by atoms with Gasteiger partial charge in [0, 0.05) is 17.5 Å². The summed E-state index contributed by atoms with van der Waals surface area (Å²) < 4.78 is 18.2. The lowest BCUT2D eigenvalue weighted by atomic mass is 10.1. The molecule has 0 aliphatic rings. The Labute approximate surface area is 133 Å². The molecular formula is C17H17FN4O. The van der Waals surface area contributed by atoms with Gasteiger partial charge < -0.3 is 10.1 Å². The molecule has 3 rings (SSSR count). The van der Waals surface area contributed by atoms with Gasteiger partial charge >= 0.3 is 0 Å². The quantitative estimate of drug-likeness (QED) is 0.797. The van der Waals surface area contributed by atoms with Gasteiger partial charge in [0.1, 0.15) is 17.5 Å². The Kier molecular flexibility index (Phi) is 4.06. The Morgan fingerprint density at radius 2 is 1.91 bits per heavy atom. The summed E-state index contributed by atoms with van der Waals surface area (Å²) in [7, 11) is 1.57. The van der Waals surface area contributed by atoms with Gasteiger partial charge in [-0.2, -0.15) is 0 Å². The number of hydrogen-bond donors (Lipinski definition) is 1. The highest BCUT2D eigenvalue weighted by molar-refractivity contribution is 5.89. The van der Waals surface area contributed by atoms with Crippen molar-refractivity contribution in [1.82, 2.24) is 15.0 Å². The predicted molar refractivity (Wildman–Crippen MR) is 87.1 cm³/mol. The second-order valence-electron chi connectivity index (χ2n) is 5.28. The van der Waals surface area contributed by atoms with E-state index >= 15 is 0 Å². The van der Waals surface area contributed by atoms with Crippen molar-refractivity contribution >= 4 is 16.7 Å². The number of aryl methyl sites for hydroxylation is 1. The number of benzene rings is 1. The number of anilines is 1. The van der Waals surface area contributed by atoms with E-state index in [9.17, 15) is 4.39 Å². The lowest BCUT2D eigenvalue weighted by Gasteiger charge is -2.17. The van der Waals surface area contributed by atoms with Crippen LogP contribution in [-0.2, 0) is 0 Å². The van der Waals surface area contributed by atoms with Gasteiger partial charge in [0.25, 0.3) is 0 Å². The summed E-state index contributed by atoms with van der Waals surface area (Å²) in [4.78, 5) is 13.0. The van der Waals surface area contributed by atoms with Crippen LogP contribution in [0.25, 0.3) is 10.9 Å². The molecule has 0 radical (unpaired) electrons. The van der Waals surface area contributed by atoms with Crippen molar-refractivity contribution in [1.29, 1.82) is 0 Å². The zero-order valence-corrected chi connectivity index (χ0v) is 13.2. The van der Waals surface area contributed by atoms with Crippen LogP contribution in [0.4, 0.5) is 10.2 Å². The topological polar surface area (TPSA) is 59.9 Å². The fraction of sp³-hybridized carbons (Fsp3) is 0.235. The van der Waals surface area contributed by atoms with E-state index in [1.165, 1.54) is 12.1 Å². The standard InChI is InChI=1S/C17H17FN4O/c1-10(12-4-6-13(18)7-5-12)20-17-14-8-16(23-3)19-9-15(14)21-11(2)22-17/h4-10H,1-3H3,(H,20,21,22). The first-order valence-corrected chi connectivity index (χ1v) is 7.27. The summed E-state index contributed by atoms with van der Waals surface area (Å²) in [6.07, 6.45) is 1.66. The summed E-state index contributed by atoms with van der Waals surface area (Å²) in [5, 5.41) is 4.19. The molecule has 1 aromatic carbocycles. The van der Waals surface area contributed by atoms with Crippen molar-refractivity contribution < 1.29 is 9.13 Å². The summed E-state index contributed by atoms with van der Waals surface area (Å²) in [6, 6.07) is 8.17. The van der Waals surface area contributed by atoms with Gasteiger partial charge in [-0.05, 0) is 31.5 Å². The Bertz CT molecular complexity index is 836. The SMILES string of the molecule is COc1cc2c(NC(C)c3ccc(F)cc3)nc(C)nc2cn1. The van der Waals surface area contributed by atoms with Crippen molar-refractivity contribution in [3.8, 4) is 5.88 Å². The summed E-state index contributed by atoms with van der Waals surface area (Å²) in [5.41, 5.74) is 1.71. The Balaban J connectivity index is 1.99. The first kappa shape index (κ1) is 15.1. The fourth-order valence-corrected chi connectivity index (χ4v) is 2.39. The Morgan fingerprint density at radius 3 is 2.61 bits per heavy atom. The fourth-order valence-electron chi connectivity index (χ4n) is 2.39. The Morgan fingerprint density at radius 1 is 1.17 bits per heavy atom. The highest BCUT2D eigenvalue weighted by Crippen LogP contribution is 2.26. The molecule has 118 valence electrons. The molecule has 0 saturated heterocycles. The van der Waals surface area contributed by atoms with E-state index in [-0.39, 0.29) is 11.9 Å². The molecule has 6 heteroatoms. The molecule has 0 aliphatic heterocycles. The normalized spacial score (nSPS) is 12.2. The second-order valence-corrected chi connectivity index (χ2v) is 5.28. The van der Waals surface area contributed by atoms with Crippen molar-refractivity contribution in [3.63, 3.8) is 0 Å². The molecule has 2 heterocycles. The number of aromatic nitrogens is 3. The van der Waals surface area contributed by atoms with Gasteiger partial charge in [-0.3, -0.25) is 0 Å². The Hall–Kier alpha value is -2.76. The van der Waals surface area contributed by atoms with E-state index in [1.807, 2.05) is 13.8 Å². The number of pyridine rings is 1. The number of hydrogen-bond acceptors (Lipinski definition) is 5. The zero-order chi connectivity index (χ0) is 16.4. The van der Waals surface area contributed by atoms with Gasteiger partial charge in [0.05, 0.1) is 18.8 Å². The molecule has 23 heavy (non-hydrogen) atoms. The number of ether oxygens (including phenoxy) is 1. The van der Waals surface area contributed by atoms with Crippen LogP contribution in [0.5, 0.6) is 5.88 Å². The lowest BCUT2D eigenvalue weighted by molar-refractivity contribution is 0.398. The molecule has 0 aliphatic carbocycles. The van der Waals surface area contributed by atoms with Crippen LogP contribution in [0.15, 0.2) is 36.5 Å². The van der Waals surface area contributed by atoms with Gasteiger partial charge in [0.2, 0.25) is 5.88 Å². The van der Waals surface area contributed by atoms with E-state index in [2.05, 4.69) is 20.3 Å². The van der Waals surface area contributed by atoms with Crippen molar-refractivity contribution in [3.05, 3.63) is 53.7 Å². The average Bonchev–Trinajstić information content (AvgIpc) is 2.55. The molecule has 0 saturated carbocycles. The number of halogens is 1. The maximum atomic E-state index is 13.1. The van der Waals surface area contributed by atoms with E-state index in [1.54, 1.807) is 31.5 Å². The van der Waals surface area contributed by atoms with Crippen LogP contribution in [0.3, 0.4) is 0 Å². The van der Waals surface area contributed by atoms with Crippen molar-refractivity contribution in [2.24, 2.45) is 0 Å². The van der Waals surface area contributed by atoms with E-state index in [4.69, 9.17) is 4.74 Å². The molecule has 1 unspecified atom stereocenters. The largest absolute Gasteiger partial charge is 0.481 e. The number of methoxy groups -OCH3 is 1. The van der Waals surface area contributed by atoms with Gasteiger partial charge in [0.15, 0.2) is 0 Å². The third kappa shape index (κ3) is 3.21. The molecule has 0 fully saturated rings. The molecule has 3 aromatic rings. The summed E-state index contributed by atoms with van der Waals surface area (Å²) >= 11 is 0. The molecule has 5 nitrogen and oxygen atoms in total. The number of fused-ring (bicyclic) bond motifs is 1. The first-order valence-electron chi connectivity index (χ1n) is 7.27. The average molecular weight is 312 g/mol. The molecule has 1 N–H and O–H groups in total. The van der Waals surface area contributed by atoms with Crippen LogP contribution >= 0.6 is 0 Å². The van der Waals surface area contributed by atoms with E-state index < -0.39 is 0 Å². The molecule has 2 aromatic heterocycles. The monoisotopic (exact) mass is 312 g/mol. The minimum Gasteiger partial charge on any atom is -0.481 e. The van der Waals surface area contributed by atoms with E-state index in [0.29, 0.717) is 17.5 Å². The minimum absolute atomic E-state index is 0.0349. The molecule has 1 atom stereocenters. The molecule has 0 bridgehead atoms. The highest BCUT2D eigenvalue weighted by Gasteiger charge is 2.12. The van der Waals surface area contributed by atoms with E-state index in [0.717, 1.165) is 16.5 Å². The molecular weight excluding hydrogens is 295 g/mol. The lowest BCUT2D eigenvalue weighted by Crippen LogP contribution is -2.09. The van der Waals surface area contributed by atoms with Crippen LogP contribution in [-0.4, -0.2) is 22.1 Å². The van der Waals surface area contributed by atoms with Crippen LogP contribution < -0.4 is 10.1 Å². The third-order valence-corrected chi connectivity index (χ3v) is 3.60. The van der Waals surface area contributed by atoms with Gasteiger partial charge in [-0.15, -0.1) is 0 Å². The van der Waals surface area contributed by atoms with Gasteiger partial charge in [-0.25, -0.2) is 19.3 Å². The highest BCUT2D eigenvalue weighted by atomic mass is 19.1.